The molecule has 8 nitrogen and oxygen atoms in total. The van der Waals surface area contributed by atoms with Crippen LogP contribution in [-0.2, 0) is 9.53 Å². The lowest BCUT2D eigenvalue weighted by Gasteiger charge is -2.55. The monoisotopic (exact) mass is 448 g/mol. The number of aromatic nitrogens is 1. The van der Waals surface area contributed by atoms with E-state index in [-0.39, 0.29) is 28.3 Å². The Balaban J connectivity index is 1.45. The predicted octanol–water partition coefficient (Wildman–Crippen LogP) is 3.88. The number of nitrogens with zero attached hydrogens (tertiary/aromatic N) is 2. The molecule has 0 atom stereocenters. The van der Waals surface area contributed by atoms with Crippen molar-refractivity contribution >= 4 is 23.3 Å². The Bertz CT molecular complexity index is 1140. The van der Waals surface area contributed by atoms with E-state index in [2.05, 4.69) is 5.32 Å². The van der Waals surface area contributed by atoms with Crippen LogP contribution >= 0.6 is 0 Å². The molecule has 4 saturated carbocycles. The number of hydrogen-bond acceptors (Lipinski definition) is 6. The molecule has 0 saturated heterocycles. The SMILES string of the molecule is COC(=O)c1c(N)c(C#N)cn1-c1ccc(NC(=O)C23CC4CC(CC(C4)C2)C3)c(OC)c1. The maximum Gasteiger partial charge on any atom is 0.357 e. The third kappa shape index (κ3) is 3.43. The zero-order valence-corrected chi connectivity index (χ0v) is 18.9. The molecule has 4 fully saturated rings. The molecule has 1 aromatic heterocycles. The Hall–Kier alpha value is -3.47. The van der Waals surface area contributed by atoms with Crippen molar-refractivity contribution in [3.63, 3.8) is 0 Å². The van der Waals surface area contributed by atoms with Crippen molar-refractivity contribution in [1.82, 2.24) is 4.57 Å². The minimum absolute atomic E-state index is 0.0579. The fourth-order valence-electron chi connectivity index (χ4n) is 6.69. The molecule has 6 rings (SSSR count). The van der Waals surface area contributed by atoms with Gasteiger partial charge in [-0.2, -0.15) is 5.26 Å². The van der Waals surface area contributed by atoms with Crippen LogP contribution in [0.5, 0.6) is 5.75 Å². The van der Waals surface area contributed by atoms with Gasteiger partial charge in [0.15, 0.2) is 5.69 Å². The Labute approximate surface area is 192 Å². The molecule has 1 heterocycles. The van der Waals surface area contributed by atoms with Gasteiger partial charge in [-0.3, -0.25) is 4.79 Å². The minimum Gasteiger partial charge on any atom is -0.494 e. The number of nitriles is 1. The highest BCUT2D eigenvalue weighted by molar-refractivity contribution is 5.98. The van der Waals surface area contributed by atoms with Crippen molar-refractivity contribution in [3.05, 3.63) is 35.7 Å². The number of nitrogens with two attached hydrogens (primary N) is 1. The number of methoxy groups -OCH3 is 2. The fourth-order valence-corrected chi connectivity index (χ4v) is 6.69. The summed E-state index contributed by atoms with van der Waals surface area (Å²) in [7, 11) is 2.79. The highest BCUT2D eigenvalue weighted by atomic mass is 16.5. The molecule has 33 heavy (non-hydrogen) atoms. The van der Waals surface area contributed by atoms with Crippen LogP contribution in [-0.4, -0.2) is 30.7 Å². The first-order valence-electron chi connectivity index (χ1n) is 11.4. The van der Waals surface area contributed by atoms with Crippen LogP contribution in [0.25, 0.3) is 5.69 Å². The topological polar surface area (TPSA) is 119 Å². The fraction of sp³-hybridized carbons (Fsp3) is 0.480. The van der Waals surface area contributed by atoms with E-state index < -0.39 is 5.97 Å². The van der Waals surface area contributed by atoms with Crippen LogP contribution in [0, 0.1) is 34.5 Å². The number of nitrogen functional groups attached to an aromatic ring is 1. The average Bonchev–Trinajstić information content (AvgIpc) is 3.14. The van der Waals surface area contributed by atoms with Crippen molar-refractivity contribution in [3.8, 4) is 17.5 Å². The van der Waals surface area contributed by atoms with Crippen molar-refractivity contribution in [2.45, 2.75) is 38.5 Å². The van der Waals surface area contributed by atoms with Crippen molar-refractivity contribution in [2.75, 3.05) is 25.3 Å². The minimum atomic E-state index is -0.646. The van der Waals surface area contributed by atoms with Crippen LogP contribution < -0.4 is 15.8 Å². The number of rotatable bonds is 5. The highest BCUT2D eigenvalue weighted by Crippen LogP contribution is 2.60. The molecule has 1 aromatic carbocycles. The second-order valence-corrected chi connectivity index (χ2v) is 9.82. The number of hydrogen-bond donors (Lipinski definition) is 2. The molecular formula is C25H28N4O4. The van der Waals surface area contributed by atoms with Crippen LogP contribution in [0.3, 0.4) is 0 Å². The molecule has 3 N–H and O–H groups in total. The van der Waals surface area contributed by atoms with E-state index in [0.717, 1.165) is 19.3 Å². The van der Waals surface area contributed by atoms with E-state index >= 15 is 0 Å². The van der Waals surface area contributed by atoms with Gasteiger partial charge in [0.25, 0.3) is 0 Å². The molecule has 172 valence electrons. The van der Waals surface area contributed by atoms with Gasteiger partial charge in [0.1, 0.15) is 11.8 Å². The van der Waals surface area contributed by atoms with E-state index in [1.165, 1.54) is 44.2 Å². The van der Waals surface area contributed by atoms with E-state index in [0.29, 0.717) is 34.9 Å². The van der Waals surface area contributed by atoms with E-state index in [9.17, 15) is 14.9 Å². The summed E-state index contributed by atoms with van der Waals surface area (Å²) in [5.74, 6) is 1.93. The zero-order valence-electron chi connectivity index (χ0n) is 18.9. The third-order valence-electron chi connectivity index (χ3n) is 7.77. The van der Waals surface area contributed by atoms with Crippen LogP contribution in [0.4, 0.5) is 11.4 Å². The number of ether oxygens (including phenoxy) is 2. The number of benzene rings is 1. The summed E-state index contributed by atoms with van der Waals surface area (Å²) in [5, 5.41) is 12.5. The van der Waals surface area contributed by atoms with Gasteiger partial charge in [0.05, 0.1) is 36.6 Å². The molecule has 2 aromatic rings. The van der Waals surface area contributed by atoms with Crippen molar-refractivity contribution in [2.24, 2.45) is 23.2 Å². The van der Waals surface area contributed by atoms with E-state index in [4.69, 9.17) is 15.2 Å². The van der Waals surface area contributed by atoms with Crippen LogP contribution in [0.2, 0.25) is 0 Å². The normalized spacial score (nSPS) is 27.1. The van der Waals surface area contributed by atoms with Crippen LogP contribution in [0.15, 0.2) is 24.4 Å². The first kappa shape index (κ1) is 21.4. The number of anilines is 2. The maximum absolute atomic E-state index is 13.5. The number of nitrogens with one attached hydrogen (secondary N) is 1. The third-order valence-corrected chi connectivity index (χ3v) is 7.77. The van der Waals surface area contributed by atoms with Gasteiger partial charge in [-0.05, 0) is 68.4 Å². The van der Waals surface area contributed by atoms with Gasteiger partial charge in [0.2, 0.25) is 5.91 Å². The second kappa shape index (κ2) is 7.84. The van der Waals surface area contributed by atoms with Crippen molar-refractivity contribution in [1.29, 1.82) is 5.26 Å². The molecule has 4 bridgehead atoms. The molecule has 0 unspecified atom stereocenters. The summed E-state index contributed by atoms with van der Waals surface area (Å²) >= 11 is 0. The number of carbonyl (C=O) groups excluding carboxylic acids is 2. The predicted molar refractivity (Wildman–Crippen MR) is 122 cm³/mol. The van der Waals surface area contributed by atoms with Gasteiger partial charge in [-0.15, -0.1) is 0 Å². The van der Waals surface area contributed by atoms with Crippen molar-refractivity contribution < 1.29 is 19.1 Å². The molecule has 0 spiro atoms. The number of esters is 1. The largest absolute Gasteiger partial charge is 0.494 e. The molecule has 4 aliphatic rings. The number of amides is 1. The Kier molecular flexibility index (Phi) is 5.08. The number of carbonyl (C=O) groups is 2. The lowest BCUT2D eigenvalue weighted by Crippen LogP contribution is -2.51. The van der Waals surface area contributed by atoms with Gasteiger partial charge < -0.3 is 25.1 Å². The first-order valence-corrected chi connectivity index (χ1v) is 11.4. The summed E-state index contributed by atoms with van der Waals surface area (Å²) in [5.41, 5.74) is 7.19. The second-order valence-electron chi connectivity index (χ2n) is 9.82. The molecule has 0 aliphatic heterocycles. The molecule has 4 aliphatic carbocycles. The van der Waals surface area contributed by atoms with Crippen LogP contribution in [0.1, 0.15) is 54.6 Å². The lowest BCUT2D eigenvalue weighted by atomic mass is 9.49. The van der Waals surface area contributed by atoms with E-state index in [1.807, 2.05) is 6.07 Å². The standard InChI is InChI=1S/C25H28N4O4/c1-32-20-8-18(29-13-17(12-26)21(27)22(29)23(30)33-2)3-4-19(20)28-24(31)25-9-14-5-15(10-25)7-16(6-14)11-25/h3-4,8,13-16H,5-7,9-11,27H2,1-2H3,(H,28,31). The summed E-state index contributed by atoms with van der Waals surface area (Å²) in [6, 6.07) is 7.22. The lowest BCUT2D eigenvalue weighted by molar-refractivity contribution is -0.140. The Morgan fingerprint density at radius 1 is 1.15 bits per heavy atom. The quantitative estimate of drug-likeness (QED) is 0.670. The summed E-state index contributed by atoms with van der Waals surface area (Å²) < 4.78 is 11.9. The molecule has 0 radical (unpaired) electrons. The average molecular weight is 449 g/mol. The molecular weight excluding hydrogens is 420 g/mol. The summed E-state index contributed by atoms with van der Waals surface area (Å²) in [6.07, 6.45) is 8.26. The highest BCUT2D eigenvalue weighted by Gasteiger charge is 2.54. The van der Waals surface area contributed by atoms with Gasteiger partial charge in [0, 0.05) is 18.0 Å². The summed E-state index contributed by atoms with van der Waals surface area (Å²) in [4.78, 5) is 25.8. The first-order chi connectivity index (χ1) is 15.9. The summed E-state index contributed by atoms with van der Waals surface area (Å²) in [6.45, 7) is 0. The zero-order chi connectivity index (χ0) is 23.3. The Morgan fingerprint density at radius 2 is 1.79 bits per heavy atom. The van der Waals surface area contributed by atoms with Gasteiger partial charge >= 0.3 is 5.97 Å². The molecule has 1 amide bonds. The Morgan fingerprint density at radius 3 is 2.33 bits per heavy atom. The van der Waals surface area contributed by atoms with E-state index in [1.54, 1.807) is 18.2 Å². The molecule has 8 heteroatoms. The van der Waals surface area contributed by atoms with Gasteiger partial charge in [-0.25, -0.2) is 4.79 Å². The van der Waals surface area contributed by atoms with Gasteiger partial charge in [-0.1, -0.05) is 0 Å². The maximum atomic E-state index is 13.5. The smallest absolute Gasteiger partial charge is 0.357 e.